The Kier molecular flexibility index (Phi) is 11.7. The monoisotopic (exact) mass is 178 g/mol. The molecule has 0 aliphatic heterocycles. The molecule has 0 atom stereocenters. The summed E-state index contributed by atoms with van der Waals surface area (Å²) in [5.41, 5.74) is 0. The van der Waals surface area contributed by atoms with Crippen molar-refractivity contribution >= 4 is 26.4 Å². The molecule has 7 heavy (non-hydrogen) atoms. The van der Waals surface area contributed by atoms with E-state index in [-0.39, 0.29) is 34.1 Å². The van der Waals surface area contributed by atoms with E-state index in [9.17, 15) is 0 Å². The van der Waals surface area contributed by atoms with Gasteiger partial charge in [-0.25, -0.2) is 0 Å². The summed E-state index contributed by atoms with van der Waals surface area (Å²) < 4.78 is 0. The summed E-state index contributed by atoms with van der Waals surface area (Å²) in [6, 6.07) is 0. The molecule has 0 aromatic heterocycles. The molecule has 0 heterocycles. The van der Waals surface area contributed by atoms with Crippen molar-refractivity contribution in [1.82, 2.24) is 0 Å². The van der Waals surface area contributed by atoms with Crippen LogP contribution in [0.25, 0.3) is 0 Å². The van der Waals surface area contributed by atoms with Crippen LogP contribution in [0.15, 0.2) is 0 Å². The van der Waals surface area contributed by atoms with Gasteiger partial charge in [0.15, 0.2) is 0 Å². The average molecular weight is 178 g/mol. The van der Waals surface area contributed by atoms with E-state index in [1.54, 1.807) is 0 Å². The fourth-order valence-corrected chi connectivity index (χ4v) is 0. The first-order chi connectivity index (χ1) is 2.00. The first-order valence-electron chi connectivity index (χ1n) is 0.816. The van der Waals surface area contributed by atoms with E-state index in [1.165, 1.54) is 0 Å². The van der Waals surface area contributed by atoms with Gasteiger partial charge in [0.2, 0.25) is 0 Å². The van der Waals surface area contributed by atoms with Crippen LogP contribution < -0.4 is 19.2 Å². The number of rotatable bonds is 0. The zero-order valence-corrected chi connectivity index (χ0v) is 6.24. The molecule has 0 saturated heterocycles. The van der Waals surface area contributed by atoms with Crippen LogP contribution in [0.3, 0.4) is 0 Å². The topological polar surface area (TPSA) is 92.2 Å². The van der Waals surface area contributed by atoms with Crippen LogP contribution in [0, 0.1) is 0 Å². The molecule has 0 aromatic rings. The number of hydrogen-bond acceptors (Lipinski definition) is 4. The molecule has 39 valence electrons. The summed E-state index contributed by atoms with van der Waals surface area (Å²) >= 11 is 0. The molecule has 0 saturated carbocycles. The first kappa shape index (κ1) is 15.7. The molecule has 0 aromatic carbocycles. The summed E-state index contributed by atoms with van der Waals surface area (Å²) in [7, 11) is -5.61. The van der Waals surface area contributed by atoms with E-state index < -0.39 is 9.05 Å². The van der Waals surface area contributed by atoms with Gasteiger partial charge in [0.1, 0.15) is 0 Å². The summed E-state index contributed by atoms with van der Waals surface area (Å²) in [6.07, 6.45) is 0. The van der Waals surface area contributed by atoms with Crippen molar-refractivity contribution in [2.75, 3.05) is 0 Å². The molecule has 0 unspecified atom stereocenters. The standard InChI is InChI=1S/Al.Co.O4Si/c;;1-5(2,3)4/q+3;+2;-4. The van der Waals surface area contributed by atoms with Gasteiger partial charge in [-0.1, -0.05) is 0 Å². The Hall–Kier alpha value is 1.10. The van der Waals surface area contributed by atoms with Crippen LogP contribution in [0.1, 0.15) is 0 Å². The third kappa shape index (κ3) is 153. The number of hydrogen-bond donors (Lipinski definition) is 0. The fourth-order valence-electron chi connectivity index (χ4n) is 0. The maximum Gasteiger partial charge on any atom is 3.00 e. The largest absolute Gasteiger partial charge is 3.00 e. The minimum atomic E-state index is -5.61. The van der Waals surface area contributed by atoms with Crippen molar-refractivity contribution in [1.29, 1.82) is 0 Å². The van der Waals surface area contributed by atoms with Gasteiger partial charge in [0.25, 0.3) is 0 Å². The molecule has 0 aliphatic rings. The molecule has 0 spiro atoms. The van der Waals surface area contributed by atoms with E-state index in [1.807, 2.05) is 0 Å². The Labute approximate surface area is 62.6 Å². The van der Waals surface area contributed by atoms with Gasteiger partial charge in [0, 0.05) is 0 Å². The van der Waals surface area contributed by atoms with Crippen LogP contribution in [-0.2, 0) is 16.8 Å². The average Bonchev–Trinajstić information content (AvgIpc) is 0.722. The normalized spacial score (nSPS) is 8.57. The van der Waals surface area contributed by atoms with E-state index in [0.29, 0.717) is 0 Å². The first-order valence-corrected chi connectivity index (χ1v) is 2.45. The quantitative estimate of drug-likeness (QED) is 0.346. The minimum Gasteiger partial charge on any atom is -0.894 e. The molecule has 0 rings (SSSR count). The van der Waals surface area contributed by atoms with Crippen molar-refractivity contribution in [2.45, 2.75) is 0 Å². The van der Waals surface area contributed by atoms with Crippen LogP contribution in [0.2, 0.25) is 0 Å². The minimum absolute atomic E-state index is 0. The van der Waals surface area contributed by atoms with E-state index in [4.69, 9.17) is 19.2 Å². The Morgan fingerprint density at radius 2 is 0.857 bits per heavy atom. The third-order valence-corrected chi connectivity index (χ3v) is 0. The van der Waals surface area contributed by atoms with Crippen molar-refractivity contribution in [3.63, 3.8) is 0 Å². The van der Waals surface area contributed by atoms with E-state index in [2.05, 4.69) is 0 Å². The van der Waals surface area contributed by atoms with Crippen LogP contribution in [0.4, 0.5) is 0 Å². The molecule has 0 bridgehead atoms. The van der Waals surface area contributed by atoms with E-state index >= 15 is 0 Å². The molecule has 0 N–H and O–H groups in total. The van der Waals surface area contributed by atoms with Gasteiger partial charge in [-0.05, 0) is 0 Å². The Morgan fingerprint density at radius 1 is 0.857 bits per heavy atom. The second-order valence-corrected chi connectivity index (χ2v) is 1.50. The van der Waals surface area contributed by atoms with Crippen LogP contribution >= 0.6 is 0 Å². The van der Waals surface area contributed by atoms with E-state index in [0.717, 1.165) is 0 Å². The molecular formula is AlCoO4Si+. The zero-order valence-electron chi connectivity index (χ0n) is 3.04. The SMILES string of the molecule is [Al+3].[Co+2].[O-][Si]([O-])([O-])[O-]. The Balaban J connectivity index is -0.0000000800. The van der Waals surface area contributed by atoms with Crippen molar-refractivity contribution in [2.24, 2.45) is 0 Å². The van der Waals surface area contributed by atoms with Crippen LogP contribution in [0.5, 0.6) is 0 Å². The Bertz CT molecular complexity index is 27.2. The Morgan fingerprint density at radius 3 is 0.857 bits per heavy atom. The summed E-state index contributed by atoms with van der Waals surface area (Å²) in [5.74, 6) is 0. The smallest absolute Gasteiger partial charge is 0.894 e. The van der Waals surface area contributed by atoms with Gasteiger partial charge in [-0.3, -0.25) is 0 Å². The van der Waals surface area contributed by atoms with Gasteiger partial charge >= 0.3 is 34.1 Å². The molecule has 1 radical (unpaired) electrons. The summed E-state index contributed by atoms with van der Waals surface area (Å²) in [6.45, 7) is 0. The predicted molar refractivity (Wildman–Crippen MR) is 11.5 cm³/mol. The van der Waals surface area contributed by atoms with Crippen LogP contribution in [-0.4, -0.2) is 26.4 Å². The molecule has 0 amide bonds. The second kappa shape index (κ2) is 5.24. The molecule has 0 fully saturated rings. The predicted octanol–water partition coefficient (Wildman–Crippen LogP) is -5.52. The molecule has 7 heteroatoms. The van der Waals surface area contributed by atoms with Gasteiger partial charge in [0.05, 0.1) is 0 Å². The summed E-state index contributed by atoms with van der Waals surface area (Å²) in [5, 5.41) is 0. The molecule has 0 aliphatic carbocycles. The maximum atomic E-state index is 8.58. The fraction of sp³-hybridized carbons (Fsp3) is 0. The van der Waals surface area contributed by atoms with Gasteiger partial charge in [-0.15, -0.1) is 0 Å². The van der Waals surface area contributed by atoms with Gasteiger partial charge < -0.3 is 28.2 Å². The zero-order chi connectivity index (χ0) is 4.50. The van der Waals surface area contributed by atoms with Gasteiger partial charge in [-0.2, -0.15) is 0 Å². The second-order valence-electron chi connectivity index (χ2n) is 0.500. The molecule has 4 nitrogen and oxygen atoms in total. The maximum absolute atomic E-state index is 8.58. The molecular weight excluding hydrogens is 178 g/mol. The summed E-state index contributed by atoms with van der Waals surface area (Å²) in [4.78, 5) is 34.3. The van der Waals surface area contributed by atoms with Crippen molar-refractivity contribution in [3.8, 4) is 0 Å². The van der Waals surface area contributed by atoms with Crippen molar-refractivity contribution < 1.29 is 36.0 Å². The third-order valence-electron chi connectivity index (χ3n) is 0. The van der Waals surface area contributed by atoms with Crippen molar-refractivity contribution in [3.05, 3.63) is 0 Å².